The van der Waals surface area contributed by atoms with Crippen molar-refractivity contribution in [3.8, 4) is 101 Å². The molecule has 0 aliphatic carbocycles. The van der Waals surface area contributed by atoms with Gasteiger partial charge in [-0.05, 0) is 179 Å². The van der Waals surface area contributed by atoms with Crippen LogP contribution < -0.4 is 0 Å². The molecule has 147 heavy (non-hydrogen) atoms. The predicted octanol–water partition coefficient (Wildman–Crippen LogP) is 33.2. The summed E-state index contributed by atoms with van der Waals surface area (Å²) in [5.74, 6) is 0. The molecule has 12 nitrogen and oxygen atoms in total. The molecule has 0 aliphatic heterocycles. The van der Waals surface area contributed by atoms with Crippen LogP contribution in [0.15, 0.2) is 419 Å². The van der Waals surface area contributed by atoms with Crippen molar-refractivity contribution < 1.29 is 60.6 Å². The van der Waals surface area contributed by atoms with E-state index in [0.29, 0.717) is 20.5 Å². The van der Waals surface area contributed by atoms with Gasteiger partial charge < -0.3 is 34.5 Å². The molecule has 6 heterocycles. The number of nitrogens with zero attached hydrogens (tertiary/aromatic N) is 8. The molecule has 0 saturated carbocycles. The van der Waals surface area contributed by atoms with E-state index >= 15 is 0 Å². The number of aliphatic hydroxyl groups excluding tert-OH is 4. The minimum Gasteiger partial charge on any atom is -0.393 e. The Kier molecular flexibility index (Phi) is 35.9. The van der Waals surface area contributed by atoms with Crippen LogP contribution in [-0.4, -0.2) is 97.2 Å². The molecule has 742 valence electrons. The minimum absolute atomic E-state index is 0. The van der Waals surface area contributed by atoms with Gasteiger partial charge in [0.2, 0.25) is 0 Å². The summed E-state index contributed by atoms with van der Waals surface area (Å²) in [6, 6.07) is 147. The van der Waals surface area contributed by atoms with Crippen LogP contribution in [0.25, 0.3) is 197 Å². The molecule has 17 aromatic carbocycles. The Morgan fingerprint density at radius 2 is 0.728 bits per heavy atom. The number of fused-ring (bicyclic) bond motifs is 15. The van der Waals surface area contributed by atoms with E-state index < -0.39 is 12.2 Å². The van der Waals surface area contributed by atoms with Crippen molar-refractivity contribution in [2.45, 2.75) is 119 Å². The maximum absolute atomic E-state index is 9.76. The van der Waals surface area contributed by atoms with Crippen LogP contribution >= 0.6 is 27.9 Å². The molecule has 2 radical (unpaired) electrons. The molecule has 5 atom stereocenters. The molecule has 0 saturated heterocycles. The van der Waals surface area contributed by atoms with E-state index in [1.807, 2.05) is 168 Å². The van der Waals surface area contributed by atoms with Crippen LogP contribution in [0.5, 0.6) is 0 Å². The monoisotopic (exact) mass is 2340 g/mol. The third kappa shape index (κ3) is 25.9. The van der Waals surface area contributed by atoms with E-state index in [0.717, 1.165) is 89.4 Å². The van der Waals surface area contributed by atoms with Crippen molar-refractivity contribution in [2.24, 2.45) is 10.8 Å². The number of benzene rings is 17. The van der Waals surface area contributed by atoms with Gasteiger partial charge in [-0.2, -0.15) is 0 Å². The predicted molar refractivity (Wildman–Crippen MR) is 618 cm³/mol. The molecule has 0 bridgehead atoms. The second-order valence-corrected chi connectivity index (χ2v) is 46.1. The maximum atomic E-state index is 9.76. The molecule has 5 unspecified atom stereocenters. The van der Waals surface area contributed by atoms with Gasteiger partial charge in [0.1, 0.15) is 6.33 Å². The number of hydrogen-bond acceptors (Lipinski definition) is 11. The van der Waals surface area contributed by atoms with Crippen LogP contribution in [0.1, 0.15) is 94.7 Å². The fraction of sp³-hybridized carbons (Fsp3) is 0.169. The Bertz CT molecular complexity index is 8150. The Morgan fingerprint density at radius 3 is 1.23 bits per heavy atom. The molecule has 0 fully saturated rings. The third-order valence-corrected chi connectivity index (χ3v) is 26.8. The van der Waals surface area contributed by atoms with Gasteiger partial charge in [-0.15, -0.1) is 92.1 Å². The van der Waals surface area contributed by atoms with Crippen LogP contribution in [0.4, 0.5) is 0 Å². The minimum atomic E-state index is -0.443. The molecule has 6 aromatic heterocycles. The molecule has 23 aromatic rings. The number of hydrogen-bond donors (Lipinski definition) is 4. The Labute approximate surface area is 897 Å². The molecule has 4 N–H and O–H groups in total. The molecule has 17 heteroatoms. The molecular weight excluding hydrogens is 2220 g/mol. The molecule has 23 rings (SSSR count). The third-order valence-electron chi connectivity index (χ3n) is 25.6. The van der Waals surface area contributed by atoms with E-state index in [1.165, 1.54) is 114 Å². The Hall–Kier alpha value is -13.4. The van der Waals surface area contributed by atoms with E-state index in [2.05, 4.69) is 372 Å². The van der Waals surface area contributed by atoms with Gasteiger partial charge in [0.15, 0.2) is 0 Å². The SMILES string of the molecule is CC(C)(C)C(O)CC(O)C(C)(C)C.CC(C)(C)c1cc(-c2[c-]cccc2)ncn1.CC(O)CC(C)O.CP(C)P.[Ir].[Ir].[c-]1ccccc1-c1ncc(-c2ccccc2)nc1-c1ccccc1.c1cc(-c2cccc(-c3cccc4c3sc3ccccc34)c2)cc(-c2cnc3c4ccccc4c4ccccc4c3n2)c1.c1ccc(-n2c3ccccc3c3cc(-c4ccc5c(c4)c4ccccc4n5-c4ccccc4)ccc32)cc1. The number of para-hydroxylation sites is 4. The largest absolute Gasteiger partial charge is 0.393 e. The quantitative estimate of drug-likeness (QED) is 0.0467. The first-order chi connectivity index (χ1) is 70.1. The number of rotatable bonds is 14. The smallest absolute Gasteiger partial charge is 0.105 e. The van der Waals surface area contributed by atoms with Crippen molar-refractivity contribution in [2.75, 3.05) is 13.3 Å². The topological polar surface area (TPSA) is 168 Å². The second-order valence-electron chi connectivity index (χ2n) is 40.0. The van der Waals surface area contributed by atoms with Crippen LogP contribution in [-0.2, 0) is 45.6 Å². The van der Waals surface area contributed by atoms with Crippen LogP contribution in [0, 0.1) is 23.0 Å². The van der Waals surface area contributed by atoms with Gasteiger partial charge in [0, 0.05) is 145 Å². The number of aliphatic hydroxyl groups is 4. The molecular formula is C130H122Ir2N8O4P2S-2. The summed E-state index contributed by atoms with van der Waals surface area (Å²) in [5.41, 5.74) is 26.8. The average molecular weight is 2340 g/mol. The fourth-order valence-corrected chi connectivity index (χ4v) is 19.3. The zero-order valence-electron chi connectivity index (χ0n) is 85.0. The summed E-state index contributed by atoms with van der Waals surface area (Å²) in [5, 5.41) is 49.1. The van der Waals surface area contributed by atoms with Gasteiger partial charge in [0.25, 0.3) is 0 Å². The first-order valence-electron chi connectivity index (χ1n) is 49.3. The van der Waals surface area contributed by atoms with Crippen LogP contribution in [0.3, 0.4) is 0 Å². The standard InChI is InChI=1S/C40H24N2S.C36H24N2.C22H15N2.C14H15N2.C11H24O2.C5H12O2.C2H8P2.2Ir/c1-3-17-33-30(14-1)31-15-2-4-18-34(31)39-38(33)41-24-36(42-39)28-13-8-11-26(23-28)25-10-7-12-27(22-25)29-19-9-20-35-32-16-5-6-21-37(32)43-40(29)35;1-3-11-27(12-4-1)37-33-17-9-7-15-29(33)31-23-25(19-21-35(31)37)26-20-22-36-32(24-26)30-16-8-10-18-34(30)38(36)28-13-5-2-6-14-28;1-4-10-17(11-5-1)20-16-23-21(18-12-6-2-7-13-18)22(24-20)19-14-8-3-9-15-19;1-14(2,3)13-9-12(15-10-16-13)11-7-5-4-6-8-11;1-10(2,3)8(12)7-9(13)11(4,5)6;1-4(6)3-5(2)7;1-4(2)3;;/h1-24H;1-24H;1-12,14-16H;4-7,9-10H,1-3H3;8-9,12-13H,7H2,1-6H3;4-7H,3H2,1-2H3;3H2,1-2H3;;/q;;2*-1;;;;;. The first-order valence-corrected chi connectivity index (χ1v) is 54.0. The summed E-state index contributed by atoms with van der Waals surface area (Å²) in [4.78, 5) is 28.4. The normalized spacial score (nSPS) is 12.2. The van der Waals surface area contributed by atoms with Gasteiger partial charge >= 0.3 is 0 Å². The van der Waals surface area contributed by atoms with Crippen LogP contribution in [0.2, 0.25) is 0 Å². The zero-order chi connectivity index (χ0) is 101. The summed E-state index contributed by atoms with van der Waals surface area (Å²) in [6.07, 6.45) is 4.66. The van der Waals surface area contributed by atoms with Gasteiger partial charge in [-0.3, -0.25) is 15.0 Å². The average Bonchev–Trinajstić information content (AvgIpc) is 1.66. The van der Waals surface area contributed by atoms with E-state index in [4.69, 9.17) is 30.1 Å². The van der Waals surface area contributed by atoms with Crippen molar-refractivity contribution in [1.82, 2.24) is 39.0 Å². The maximum Gasteiger partial charge on any atom is 0.105 e. The number of thiophene rings is 1. The van der Waals surface area contributed by atoms with E-state index in [1.54, 1.807) is 20.2 Å². The first kappa shape index (κ1) is 108. The molecule has 0 amide bonds. The van der Waals surface area contributed by atoms with E-state index in [9.17, 15) is 10.2 Å². The summed E-state index contributed by atoms with van der Waals surface area (Å²) >= 11 is 1.87. The van der Waals surface area contributed by atoms with Crippen molar-refractivity contribution in [1.29, 1.82) is 0 Å². The number of aromatic nitrogens is 8. The van der Waals surface area contributed by atoms with Crippen molar-refractivity contribution in [3.63, 3.8) is 0 Å². The fourth-order valence-electron chi connectivity index (χ4n) is 18.0. The van der Waals surface area contributed by atoms with Crippen molar-refractivity contribution >= 4 is 124 Å². The Morgan fingerprint density at radius 1 is 0.327 bits per heavy atom. The molecule has 0 spiro atoms. The van der Waals surface area contributed by atoms with Gasteiger partial charge in [-0.1, -0.05) is 343 Å². The second kappa shape index (κ2) is 48.9. The summed E-state index contributed by atoms with van der Waals surface area (Å²) in [6.45, 7) is 26.0. The van der Waals surface area contributed by atoms with Gasteiger partial charge in [0.05, 0.1) is 80.8 Å². The summed E-state index contributed by atoms with van der Waals surface area (Å²) < 4.78 is 7.39. The van der Waals surface area contributed by atoms with E-state index in [-0.39, 0.29) is 68.7 Å². The van der Waals surface area contributed by atoms with Gasteiger partial charge in [-0.25, -0.2) is 9.97 Å². The summed E-state index contributed by atoms with van der Waals surface area (Å²) in [7, 11) is 3.02. The Balaban J connectivity index is 0.000000141. The molecule has 0 aliphatic rings. The zero-order valence-corrected chi connectivity index (χ0v) is 92.7. The van der Waals surface area contributed by atoms with Crippen molar-refractivity contribution in [3.05, 3.63) is 437 Å².